The molecule has 0 atom stereocenters. The van der Waals surface area contributed by atoms with E-state index in [0.717, 1.165) is 60.8 Å². The summed E-state index contributed by atoms with van der Waals surface area (Å²) in [5.41, 5.74) is 9.79. The minimum absolute atomic E-state index is 0.364. The van der Waals surface area contributed by atoms with Crippen molar-refractivity contribution in [2.45, 2.75) is 5.60 Å². The molecule has 7 nitrogen and oxygen atoms in total. The van der Waals surface area contributed by atoms with Crippen LogP contribution in [0.25, 0.3) is 101 Å². The van der Waals surface area contributed by atoms with Crippen LogP contribution in [0.5, 0.6) is 5.75 Å². The molecule has 0 unspecified atom stereocenters. The number of hydrogen-bond acceptors (Lipinski definition) is 7. The highest BCUT2D eigenvalue weighted by Crippen LogP contribution is 2.52. The second-order valence-electron chi connectivity index (χ2n) is 18.1. The predicted molar refractivity (Wildman–Crippen MR) is 288 cm³/mol. The zero-order chi connectivity index (χ0) is 49.6. The molecule has 0 spiro atoms. The van der Waals surface area contributed by atoms with E-state index in [1.165, 1.54) is 24.3 Å². The van der Waals surface area contributed by atoms with E-state index in [9.17, 15) is 8.78 Å². The van der Waals surface area contributed by atoms with Crippen molar-refractivity contribution in [2.75, 3.05) is 0 Å². The fraction of sp³-hybridized carbons (Fsp3) is 0.0154. The highest BCUT2D eigenvalue weighted by molar-refractivity contribution is 5.90. The Labute approximate surface area is 425 Å². The summed E-state index contributed by atoms with van der Waals surface area (Å²) in [6, 6.07) is 77.7. The Hall–Kier alpha value is -9.86. The third-order valence-electron chi connectivity index (χ3n) is 13.5. The van der Waals surface area contributed by atoms with Crippen LogP contribution in [-0.4, -0.2) is 29.9 Å². The fourth-order valence-corrected chi connectivity index (χ4v) is 9.93. The van der Waals surface area contributed by atoms with Gasteiger partial charge in [-0.25, -0.2) is 38.7 Å². The van der Waals surface area contributed by atoms with E-state index in [4.69, 9.17) is 34.6 Å². The molecule has 350 valence electrons. The summed E-state index contributed by atoms with van der Waals surface area (Å²) in [6.07, 6.45) is 0. The van der Waals surface area contributed by atoms with E-state index in [1.54, 1.807) is 24.3 Å². The van der Waals surface area contributed by atoms with Gasteiger partial charge < -0.3 is 4.74 Å². The lowest BCUT2D eigenvalue weighted by molar-refractivity contribution is 0.152. The van der Waals surface area contributed by atoms with Crippen molar-refractivity contribution in [1.82, 2.24) is 29.9 Å². The van der Waals surface area contributed by atoms with Gasteiger partial charge in [0.15, 0.2) is 40.5 Å². The van der Waals surface area contributed by atoms with Crippen LogP contribution in [0.15, 0.2) is 243 Å². The van der Waals surface area contributed by atoms with E-state index in [1.807, 2.05) is 109 Å². The normalized spacial score (nSPS) is 12.4. The quantitative estimate of drug-likeness (QED) is 0.142. The maximum atomic E-state index is 14.4. The van der Waals surface area contributed by atoms with Crippen LogP contribution < -0.4 is 4.74 Å². The lowest BCUT2D eigenvalue weighted by Crippen LogP contribution is -2.38. The molecule has 0 N–H and O–H groups in total. The number of nitrogens with zero attached hydrogens (tertiary/aromatic N) is 6. The SMILES string of the molecule is Fc1ccc(-c2nc(-c3ccc(-c4ccc5c(c4)OC(c4ccccc4)(c4ccccc4)c4ccccc4-5)c(-c4nc(-c5ccccc5)nc(-c5ccc(F)cc5)n4)c3)nc(-c3ccc4ccccc4c3)n2)cc1. The molecular formula is C65H40F2N6O. The molecule has 0 saturated carbocycles. The van der Waals surface area contributed by atoms with Crippen molar-refractivity contribution in [3.8, 4) is 96.3 Å². The largest absolute Gasteiger partial charge is 0.472 e. The second-order valence-corrected chi connectivity index (χ2v) is 18.1. The highest BCUT2D eigenvalue weighted by Gasteiger charge is 2.44. The molecular weight excluding hydrogens is 919 g/mol. The summed E-state index contributed by atoms with van der Waals surface area (Å²) in [5, 5.41) is 2.12. The Morgan fingerprint density at radius 1 is 0.284 bits per heavy atom. The molecule has 10 aromatic carbocycles. The average molecular weight is 959 g/mol. The van der Waals surface area contributed by atoms with Crippen molar-refractivity contribution in [2.24, 2.45) is 0 Å². The predicted octanol–water partition coefficient (Wildman–Crippen LogP) is 15.5. The minimum atomic E-state index is -0.982. The van der Waals surface area contributed by atoms with Crippen molar-refractivity contribution >= 4 is 10.8 Å². The molecule has 1 aliphatic heterocycles. The average Bonchev–Trinajstić information content (AvgIpc) is 3.52. The zero-order valence-corrected chi connectivity index (χ0v) is 39.4. The number of hydrogen-bond donors (Lipinski definition) is 0. The van der Waals surface area contributed by atoms with Crippen LogP contribution in [0.3, 0.4) is 0 Å². The molecule has 13 rings (SSSR count). The maximum absolute atomic E-state index is 14.4. The molecule has 0 aliphatic carbocycles. The molecule has 0 amide bonds. The van der Waals surface area contributed by atoms with E-state index in [2.05, 4.69) is 84.9 Å². The number of benzene rings is 10. The van der Waals surface area contributed by atoms with Gasteiger partial charge in [-0.05, 0) is 94.2 Å². The van der Waals surface area contributed by atoms with Gasteiger partial charge in [-0.3, -0.25) is 0 Å². The van der Waals surface area contributed by atoms with Crippen LogP contribution in [0.2, 0.25) is 0 Å². The molecule has 12 aromatic rings. The fourth-order valence-electron chi connectivity index (χ4n) is 9.93. The molecule has 0 saturated heterocycles. The van der Waals surface area contributed by atoms with E-state index >= 15 is 0 Å². The van der Waals surface area contributed by atoms with Gasteiger partial charge in [-0.1, -0.05) is 176 Å². The summed E-state index contributed by atoms with van der Waals surface area (Å²) in [4.78, 5) is 30.5. The monoisotopic (exact) mass is 958 g/mol. The molecule has 0 radical (unpaired) electrons. The molecule has 3 heterocycles. The first-order chi connectivity index (χ1) is 36.4. The van der Waals surface area contributed by atoms with Crippen LogP contribution in [0, 0.1) is 11.6 Å². The van der Waals surface area contributed by atoms with Crippen molar-refractivity contribution in [3.63, 3.8) is 0 Å². The summed E-state index contributed by atoms with van der Waals surface area (Å²) in [7, 11) is 0. The van der Waals surface area contributed by atoms with E-state index in [0.29, 0.717) is 62.9 Å². The van der Waals surface area contributed by atoms with Gasteiger partial charge in [-0.2, -0.15) is 0 Å². The molecule has 0 bridgehead atoms. The van der Waals surface area contributed by atoms with Crippen LogP contribution in [-0.2, 0) is 5.60 Å². The third-order valence-corrected chi connectivity index (χ3v) is 13.5. The van der Waals surface area contributed by atoms with Gasteiger partial charge in [0.25, 0.3) is 0 Å². The van der Waals surface area contributed by atoms with Gasteiger partial charge >= 0.3 is 0 Å². The van der Waals surface area contributed by atoms with Crippen molar-refractivity contribution < 1.29 is 13.5 Å². The standard InChI is InChI=1S/C65H40F2N6O/c66-51-32-26-43(27-33-51)60-69-62(47-25-24-41-14-10-11-17-45(41)38-47)71-63(70-60)48-31-36-53(56(39-48)64-72-59(42-15-4-1-5-16-42)68-61(73-64)44-28-34-52(67)35-29-44)46-30-37-55-54-22-12-13-23-57(54)65(74-58(55)40-46,49-18-6-2-7-19-49)50-20-8-3-9-21-50/h1-40H. The van der Waals surface area contributed by atoms with Gasteiger partial charge in [0.2, 0.25) is 0 Å². The van der Waals surface area contributed by atoms with Gasteiger partial charge in [-0.15, -0.1) is 0 Å². The minimum Gasteiger partial charge on any atom is -0.472 e. The Balaban J connectivity index is 1.04. The first-order valence-corrected chi connectivity index (χ1v) is 24.2. The number of aromatic nitrogens is 6. The second kappa shape index (κ2) is 18.4. The van der Waals surface area contributed by atoms with E-state index < -0.39 is 5.60 Å². The maximum Gasteiger partial charge on any atom is 0.185 e. The van der Waals surface area contributed by atoms with Crippen molar-refractivity contribution in [1.29, 1.82) is 0 Å². The van der Waals surface area contributed by atoms with E-state index in [-0.39, 0.29) is 11.6 Å². The third kappa shape index (κ3) is 8.02. The van der Waals surface area contributed by atoms with Crippen molar-refractivity contribution in [3.05, 3.63) is 271 Å². The smallest absolute Gasteiger partial charge is 0.185 e. The number of ether oxygens (including phenoxy) is 1. The van der Waals surface area contributed by atoms with Gasteiger partial charge in [0.1, 0.15) is 17.4 Å². The van der Waals surface area contributed by atoms with Crippen LogP contribution in [0.1, 0.15) is 16.7 Å². The Kier molecular flexibility index (Phi) is 11.0. The lowest BCUT2D eigenvalue weighted by Gasteiger charge is -2.41. The Morgan fingerprint density at radius 3 is 1.32 bits per heavy atom. The molecule has 1 aliphatic rings. The van der Waals surface area contributed by atoms with Gasteiger partial charge in [0.05, 0.1) is 0 Å². The Morgan fingerprint density at radius 2 is 0.716 bits per heavy atom. The summed E-state index contributed by atoms with van der Waals surface area (Å²) >= 11 is 0. The van der Waals surface area contributed by atoms with Crippen LogP contribution >= 0.6 is 0 Å². The first kappa shape index (κ1) is 44.1. The van der Waals surface area contributed by atoms with Gasteiger partial charge in [0, 0.05) is 55.6 Å². The highest BCUT2D eigenvalue weighted by atomic mass is 19.1. The number of fused-ring (bicyclic) bond motifs is 4. The molecule has 74 heavy (non-hydrogen) atoms. The summed E-state index contributed by atoms with van der Waals surface area (Å²) in [5.74, 6) is 2.32. The molecule has 2 aromatic heterocycles. The number of halogens is 2. The topological polar surface area (TPSA) is 86.6 Å². The Bertz CT molecular complexity index is 4020. The number of rotatable bonds is 9. The first-order valence-electron chi connectivity index (χ1n) is 24.2. The summed E-state index contributed by atoms with van der Waals surface area (Å²) in [6.45, 7) is 0. The molecule has 9 heteroatoms. The zero-order valence-electron chi connectivity index (χ0n) is 39.4. The summed E-state index contributed by atoms with van der Waals surface area (Å²) < 4.78 is 36.3. The molecule has 0 fully saturated rings. The van der Waals surface area contributed by atoms with Crippen LogP contribution in [0.4, 0.5) is 8.78 Å². The lowest BCUT2D eigenvalue weighted by atomic mass is 9.75.